The van der Waals surface area contributed by atoms with Gasteiger partial charge in [0, 0.05) is 13.2 Å². The van der Waals surface area contributed by atoms with Crippen LogP contribution < -0.4 is 10.5 Å². The Labute approximate surface area is 90.2 Å². The molecule has 0 aliphatic rings. The number of rotatable bonds is 6. The van der Waals surface area contributed by atoms with Crippen LogP contribution in [0.4, 0.5) is 0 Å². The first-order chi connectivity index (χ1) is 7.24. The van der Waals surface area contributed by atoms with Crippen molar-refractivity contribution < 1.29 is 9.47 Å². The van der Waals surface area contributed by atoms with Gasteiger partial charge in [-0.15, -0.1) is 0 Å². The van der Waals surface area contributed by atoms with Gasteiger partial charge in [-0.05, 0) is 13.8 Å². The average Bonchev–Trinajstić information content (AvgIpc) is 2.68. The number of aryl methyl sites for hydroxylation is 1. The van der Waals surface area contributed by atoms with E-state index in [-0.39, 0.29) is 6.04 Å². The van der Waals surface area contributed by atoms with Crippen molar-refractivity contribution in [3.63, 3.8) is 0 Å². The fourth-order valence-corrected chi connectivity index (χ4v) is 1.48. The second kappa shape index (κ2) is 5.72. The first-order valence-electron chi connectivity index (χ1n) is 5.17. The van der Waals surface area contributed by atoms with Crippen molar-refractivity contribution in [2.24, 2.45) is 5.73 Å². The molecule has 2 N–H and O–H groups in total. The molecule has 1 rings (SSSR count). The molecule has 0 amide bonds. The fraction of sp³-hybridized carbons (Fsp3) is 0.700. The van der Waals surface area contributed by atoms with Crippen LogP contribution in [0.5, 0.6) is 5.75 Å². The Balaban J connectivity index is 2.83. The van der Waals surface area contributed by atoms with Crippen LogP contribution in [0.1, 0.15) is 25.6 Å². The third-order valence-corrected chi connectivity index (χ3v) is 2.22. The molecule has 86 valence electrons. The summed E-state index contributed by atoms with van der Waals surface area (Å²) in [6.07, 6.45) is 1.69. The quantitative estimate of drug-likeness (QED) is 0.764. The van der Waals surface area contributed by atoms with Gasteiger partial charge < -0.3 is 15.2 Å². The van der Waals surface area contributed by atoms with E-state index in [9.17, 15) is 0 Å². The van der Waals surface area contributed by atoms with Crippen molar-refractivity contribution in [2.75, 3.05) is 20.3 Å². The highest BCUT2D eigenvalue weighted by Crippen LogP contribution is 2.23. The summed E-state index contributed by atoms with van der Waals surface area (Å²) >= 11 is 0. The molecule has 1 heterocycles. The van der Waals surface area contributed by atoms with E-state index in [4.69, 9.17) is 15.2 Å². The first kappa shape index (κ1) is 12.0. The molecule has 0 fully saturated rings. The van der Waals surface area contributed by atoms with Crippen LogP contribution in [0.15, 0.2) is 6.20 Å². The molecule has 0 aliphatic heterocycles. The molecule has 15 heavy (non-hydrogen) atoms. The summed E-state index contributed by atoms with van der Waals surface area (Å²) in [6.45, 7) is 5.89. The van der Waals surface area contributed by atoms with Crippen LogP contribution in [0.3, 0.4) is 0 Å². The second-order valence-electron chi connectivity index (χ2n) is 3.18. The first-order valence-corrected chi connectivity index (χ1v) is 5.17. The van der Waals surface area contributed by atoms with Gasteiger partial charge in [0.25, 0.3) is 0 Å². The van der Waals surface area contributed by atoms with E-state index in [1.165, 1.54) is 0 Å². The van der Waals surface area contributed by atoms with Crippen molar-refractivity contribution in [2.45, 2.75) is 26.4 Å². The van der Waals surface area contributed by atoms with Gasteiger partial charge in [0.15, 0.2) is 5.75 Å². The molecular formula is C10H19N3O2. The molecule has 1 aromatic rings. The third kappa shape index (κ3) is 2.70. The molecule has 0 saturated heterocycles. The minimum Gasteiger partial charge on any atom is -0.493 e. The smallest absolute Gasteiger partial charge is 0.161 e. The van der Waals surface area contributed by atoms with E-state index in [1.807, 2.05) is 18.5 Å². The average molecular weight is 213 g/mol. The number of nitrogens with zero attached hydrogens (tertiary/aromatic N) is 2. The summed E-state index contributed by atoms with van der Waals surface area (Å²) < 4.78 is 12.3. The minimum absolute atomic E-state index is 0.192. The molecule has 5 nitrogen and oxygen atoms in total. The lowest BCUT2D eigenvalue weighted by molar-refractivity contribution is 0.130. The van der Waals surface area contributed by atoms with Crippen LogP contribution in [-0.4, -0.2) is 30.1 Å². The van der Waals surface area contributed by atoms with Crippen LogP contribution >= 0.6 is 0 Å². The van der Waals surface area contributed by atoms with E-state index >= 15 is 0 Å². The van der Waals surface area contributed by atoms with E-state index in [2.05, 4.69) is 5.10 Å². The molecule has 0 aromatic carbocycles. The third-order valence-electron chi connectivity index (χ3n) is 2.22. The van der Waals surface area contributed by atoms with Crippen LogP contribution in [0.25, 0.3) is 0 Å². The topological polar surface area (TPSA) is 62.3 Å². The highest BCUT2D eigenvalue weighted by Gasteiger charge is 2.17. The highest BCUT2D eigenvalue weighted by molar-refractivity contribution is 5.28. The standard InChI is InChI=1S/C10H19N3O2/c1-4-13-10(8(11)7-15-5-2)9(14-3)6-12-13/h6,8H,4-5,7,11H2,1-3H3. The highest BCUT2D eigenvalue weighted by atomic mass is 16.5. The zero-order valence-electron chi connectivity index (χ0n) is 9.56. The van der Waals surface area contributed by atoms with E-state index in [0.717, 1.165) is 18.0 Å². The Bertz CT molecular complexity index is 277. The molecule has 1 atom stereocenters. The number of hydrogen-bond donors (Lipinski definition) is 1. The minimum atomic E-state index is -0.192. The van der Waals surface area contributed by atoms with Gasteiger partial charge >= 0.3 is 0 Å². The summed E-state index contributed by atoms with van der Waals surface area (Å²) in [5, 5.41) is 4.19. The normalized spacial score (nSPS) is 12.8. The summed E-state index contributed by atoms with van der Waals surface area (Å²) in [4.78, 5) is 0. The summed E-state index contributed by atoms with van der Waals surface area (Å²) in [5.74, 6) is 0.726. The van der Waals surface area contributed by atoms with Crippen molar-refractivity contribution >= 4 is 0 Å². The molecule has 0 bridgehead atoms. The Morgan fingerprint density at radius 1 is 1.53 bits per heavy atom. The molecule has 0 radical (unpaired) electrons. The number of hydrogen-bond acceptors (Lipinski definition) is 4. The van der Waals surface area contributed by atoms with Crippen LogP contribution in [-0.2, 0) is 11.3 Å². The lowest BCUT2D eigenvalue weighted by Crippen LogP contribution is -2.21. The van der Waals surface area contributed by atoms with Crippen molar-refractivity contribution in [3.05, 3.63) is 11.9 Å². The lowest BCUT2D eigenvalue weighted by Gasteiger charge is -2.14. The second-order valence-corrected chi connectivity index (χ2v) is 3.18. The molecule has 1 unspecified atom stereocenters. The monoisotopic (exact) mass is 213 g/mol. The number of nitrogens with two attached hydrogens (primary N) is 1. The van der Waals surface area contributed by atoms with Crippen LogP contribution in [0, 0.1) is 0 Å². The fourth-order valence-electron chi connectivity index (χ4n) is 1.48. The SMILES string of the molecule is CCOCC(N)c1c(OC)cnn1CC. The largest absolute Gasteiger partial charge is 0.493 e. The predicted octanol–water partition coefficient (Wildman–Crippen LogP) is 0.948. The molecule has 1 aromatic heterocycles. The molecule has 0 spiro atoms. The Morgan fingerprint density at radius 2 is 2.27 bits per heavy atom. The van der Waals surface area contributed by atoms with Gasteiger partial charge in [-0.1, -0.05) is 0 Å². The van der Waals surface area contributed by atoms with Gasteiger partial charge in [-0.3, -0.25) is 4.68 Å². The molecule has 5 heteroatoms. The molecule has 0 saturated carbocycles. The Kier molecular flexibility index (Phi) is 4.58. The van der Waals surface area contributed by atoms with Gasteiger partial charge in [0.1, 0.15) is 0 Å². The summed E-state index contributed by atoms with van der Waals surface area (Å²) in [5.41, 5.74) is 6.91. The van der Waals surface area contributed by atoms with E-state index in [1.54, 1.807) is 13.3 Å². The van der Waals surface area contributed by atoms with Crippen molar-refractivity contribution in [1.29, 1.82) is 0 Å². The number of methoxy groups -OCH3 is 1. The van der Waals surface area contributed by atoms with Crippen molar-refractivity contribution in [3.8, 4) is 5.75 Å². The molecular weight excluding hydrogens is 194 g/mol. The van der Waals surface area contributed by atoms with Crippen LogP contribution in [0.2, 0.25) is 0 Å². The van der Waals surface area contributed by atoms with Gasteiger partial charge in [-0.25, -0.2) is 0 Å². The van der Waals surface area contributed by atoms with E-state index in [0.29, 0.717) is 13.2 Å². The maximum atomic E-state index is 6.01. The molecule has 0 aliphatic carbocycles. The van der Waals surface area contributed by atoms with Crippen molar-refractivity contribution in [1.82, 2.24) is 9.78 Å². The predicted molar refractivity (Wildman–Crippen MR) is 57.9 cm³/mol. The van der Waals surface area contributed by atoms with Gasteiger partial charge in [0.2, 0.25) is 0 Å². The maximum Gasteiger partial charge on any atom is 0.161 e. The van der Waals surface area contributed by atoms with Gasteiger partial charge in [-0.2, -0.15) is 5.10 Å². The maximum absolute atomic E-state index is 6.01. The van der Waals surface area contributed by atoms with Gasteiger partial charge in [0.05, 0.1) is 31.6 Å². The summed E-state index contributed by atoms with van der Waals surface area (Å²) in [7, 11) is 1.62. The zero-order chi connectivity index (χ0) is 11.3. The Morgan fingerprint density at radius 3 is 2.80 bits per heavy atom. The zero-order valence-corrected chi connectivity index (χ0v) is 9.56. The van der Waals surface area contributed by atoms with E-state index < -0.39 is 0 Å². The summed E-state index contributed by atoms with van der Waals surface area (Å²) in [6, 6.07) is -0.192. The Hall–Kier alpha value is -1.07. The number of aromatic nitrogens is 2. The number of ether oxygens (including phenoxy) is 2. The lowest BCUT2D eigenvalue weighted by atomic mass is 10.2.